The number of hydrogen-bond donors (Lipinski definition) is 1. The first-order chi connectivity index (χ1) is 26.0. The largest absolute Gasteiger partial charge is 0.472 e. The summed E-state index contributed by atoms with van der Waals surface area (Å²) in [6.45, 7) is 4.17. The van der Waals surface area contributed by atoms with E-state index in [4.69, 9.17) is 18.5 Å². The van der Waals surface area contributed by atoms with Gasteiger partial charge in [-0.1, -0.05) is 125 Å². The minimum absolute atomic E-state index is 0.0203. The molecule has 0 bridgehead atoms. The second-order valence-corrected chi connectivity index (χ2v) is 16.1. The number of nitrogens with zero attached hydrogens (tertiary/aromatic N) is 1. The van der Waals surface area contributed by atoms with Gasteiger partial charge in [0.15, 0.2) is 6.10 Å². The van der Waals surface area contributed by atoms with Crippen LogP contribution in [0.2, 0.25) is 0 Å². The summed E-state index contributed by atoms with van der Waals surface area (Å²) in [5, 5.41) is 0. The Morgan fingerprint density at radius 3 is 1.57 bits per heavy atom. The van der Waals surface area contributed by atoms with Gasteiger partial charge >= 0.3 is 19.8 Å². The van der Waals surface area contributed by atoms with Gasteiger partial charge in [0.05, 0.1) is 27.7 Å². The van der Waals surface area contributed by atoms with Crippen LogP contribution < -0.4 is 0 Å². The van der Waals surface area contributed by atoms with Gasteiger partial charge in [-0.25, -0.2) is 4.57 Å². The maximum absolute atomic E-state index is 12.7. The van der Waals surface area contributed by atoms with Gasteiger partial charge in [-0.15, -0.1) is 0 Å². The monoisotopic (exact) mass is 779 g/mol. The first-order valence-electron chi connectivity index (χ1n) is 20.7. The quantitative estimate of drug-likeness (QED) is 0.0220. The molecule has 0 spiro atoms. The van der Waals surface area contributed by atoms with E-state index in [0.29, 0.717) is 23.9 Å². The fourth-order valence-corrected chi connectivity index (χ4v) is 5.72. The van der Waals surface area contributed by atoms with Crippen LogP contribution in [-0.4, -0.2) is 74.9 Å². The Balaban J connectivity index is 4.48. The Labute approximate surface area is 329 Å². The third-order valence-electron chi connectivity index (χ3n) is 8.20. The second kappa shape index (κ2) is 36.1. The van der Waals surface area contributed by atoms with Crippen molar-refractivity contribution >= 4 is 19.8 Å². The molecule has 1 N–H and O–H groups in total. The van der Waals surface area contributed by atoms with E-state index in [-0.39, 0.29) is 26.1 Å². The molecule has 0 saturated heterocycles. The van der Waals surface area contributed by atoms with Crippen LogP contribution in [0.1, 0.15) is 142 Å². The summed E-state index contributed by atoms with van der Waals surface area (Å²) in [6, 6.07) is 0. The third-order valence-corrected chi connectivity index (χ3v) is 9.19. The number of esters is 2. The third kappa shape index (κ3) is 39.2. The lowest BCUT2D eigenvalue weighted by Gasteiger charge is -2.24. The molecule has 10 heteroatoms. The predicted molar refractivity (Wildman–Crippen MR) is 224 cm³/mol. The summed E-state index contributed by atoms with van der Waals surface area (Å²) in [5.74, 6) is -0.852. The summed E-state index contributed by atoms with van der Waals surface area (Å²) in [5.41, 5.74) is 0. The standard InChI is InChI=1S/C44H76NO8P/c1-6-8-10-12-14-16-18-20-21-22-23-25-27-29-31-33-35-37-44(47)53-42(41-52-54(48,49)51-39-38-45(3,4)5)40-50-43(46)36-34-32-30-28-26-24-19-17-15-13-11-9-7-2/h8,10-11,13-14,16-17,19-21,23,25,42H,6-7,9,12,15,18,22,24,26-41H2,1-5H3/p+1/b10-8-,13-11-,16-14-,19-17-,21-20-,25-23-. The maximum Gasteiger partial charge on any atom is 0.472 e. The number of rotatable bonds is 36. The number of phosphoric ester groups is 1. The fourth-order valence-electron chi connectivity index (χ4n) is 4.98. The molecule has 0 rings (SSSR count). The Bertz CT molecular complexity index is 1150. The molecule has 2 unspecified atom stereocenters. The lowest BCUT2D eigenvalue weighted by Crippen LogP contribution is -2.37. The van der Waals surface area contributed by atoms with E-state index < -0.39 is 32.5 Å². The van der Waals surface area contributed by atoms with E-state index in [2.05, 4.69) is 86.8 Å². The minimum Gasteiger partial charge on any atom is -0.462 e. The van der Waals surface area contributed by atoms with Gasteiger partial charge in [-0.2, -0.15) is 0 Å². The van der Waals surface area contributed by atoms with E-state index >= 15 is 0 Å². The van der Waals surface area contributed by atoms with Crippen molar-refractivity contribution in [2.75, 3.05) is 47.5 Å². The highest BCUT2D eigenvalue weighted by Gasteiger charge is 2.27. The molecule has 0 amide bonds. The van der Waals surface area contributed by atoms with Gasteiger partial charge in [0.2, 0.25) is 0 Å². The number of likely N-dealkylation sites (N-methyl/N-ethyl adjacent to an activating group) is 1. The average Bonchev–Trinajstić information content (AvgIpc) is 3.12. The van der Waals surface area contributed by atoms with E-state index in [1.807, 2.05) is 21.1 Å². The van der Waals surface area contributed by atoms with Gasteiger partial charge in [0.1, 0.15) is 19.8 Å². The van der Waals surface area contributed by atoms with E-state index in [9.17, 15) is 19.0 Å². The molecule has 0 radical (unpaired) electrons. The smallest absolute Gasteiger partial charge is 0.462 e. The molecule has 0 heterocycles. The van der Waals surface area contributed by atoms with Crippen LogP contribution in [0.5, 0.6) is 0 Å². The van der Waals surface area contributed by atoms with Crippen molar-refractivity contribution in [3.63, 3.8) is 0 Å². The number of allylic oxidation sites excluding steroid dienone is 12. The number of ether oxygens (including phenoxy) is 2. The van der Waals surface area contributed by atoms with Crippen LogP contribution >= 0.6 is 7.82 Å². The van der Waals surface area contributed by atoms with Crippen molar-refractivity contribution in [1.29, 1.82) is 0 Å². The molecule has 9 nitrogen and oxygen atoms in total. The number of unbranched alkanes of at least 4 members (excludes halogenated alkanes) is 10. The summed E-state index contributed by atoms with van der Waals surface area (Å²) >= 11 is 0. The Kier molecular flexibility index (Phi) is 34.4. The summed E-state index contributed by atoms with van der Waals surface area (Å²) < 4.78 is 34.2. The van der Waals surface area contributed by atoms with Gasteiger partial charge in [0.25, 0.3) is 0 Å². The van der Waals surface area contributed by atoms with Gasteiger partial charge < -0.3 is 18.9 Å². The van der Waals surface area contributed by atoms with Gasteiger partial charge in [-0.3, -0.25) is 18.6 Å². The molecule has 54 heavy (non-hydrogen) atoms. The number of phosphoric acid groups is 1. The zero-order valence-corrected chi connectivity index (χ0v) is 35.6. The fraction of sp³-hybridized carbons (Fsp3) is 0.682. The van der Waals surface area contributed by atoms with Crippen molar-refractivity contribution < 1.29 is 42.1 Å². The normalized spacial score (nSPS) is 14.4. The predicted octanol–water partition coefficient (Wildman–Crippen LogP) is 11.5. The maximum atomic E-state index is 12.7. The van der Waals surface area contributed by atoms with Crippen LogP contribution in [0, 0.1) is 0 Å². The topological polar surface area (TPSA) is 108 Å². The number of quaternary nitrogens is 1. The Hall–Kier alpha value is -2.55. The molecule has 0 saturated carbocycles. The average molecular weight is 779 g/mol. The number of hydrogen-bond acceptors (Lipinski definition) is 7. The molecule has 310 valence electrons. The molecule has 2 atom stereocenters. The summed E-state index contributed by atoms with van der Waals surface area (Å²) in [7, 11) is 1.44. The second-order valence-electron chi connectivity index (χ2n) is 14.6. The Morgan fingerprint density at radius 1 is 0.593 bits per heavy atom. The molecular weight excluding hydrogens is 701 g/mol. The van der Waals surface area contributed by atoms with Crippen molar-refractivity contribution in [3.05, 3.63) is 72.9 Å². The summed E-state index contributed by atoms with van der Waals surface area (Å²) in [4.78, 5) is 35.3. The van der Waals surface area contributed by atoms with E-state index in [1.54, 1.807) is 0 Å². The van der Waals surface area contributed by atoms with Crippen molar-refractivity contribution in [3.8, 4) is 0 Å². The molecule has 0 aliphatic carbocycles. The lowest BCUT2D eigenvalue weighted by atomic mass is 10.1. The lowest BCUT2D eigenvalue weighted by molar-refractivity contribution is -0.870. The van der Waals surface area contributed by atoms with Crippen LogP contribution in [0.25, 0.3) is 0 Å². The molecule has 0 aromatic rings. The first-order valence-corrected chi connectivity index (χ1v) is 22.2. The highest BCUT2D eigenvalue weighted by atomic mass is 31.2. The zero-order chi connectivity index (χ0) is 40.0. The molecule has 0 fully saturated rings. The molecule has 0 aliphatic heterocycles. The summed E-state index contributed by atoms with van der Waals surface area (Å²) in [6.07, 6.45) is 43.8. The van der Waals surface area contributed by atoms with Crippen molar-refractivity contribution in [2.45, 2.75) is 148 Å². The van der Waals surface area contributed by atoms with Crippen molar-refractivity contribution in [1.82, 2.24) is 0 Å². The molecule has 0 aromatic heterocycles. The molecule has 0 aromatic carbocycles. The SMILES string of the molecule is CC/C=C\C/C=C\C/C=C\C/C=C\CCCCCCC(=O)OC(COC(=O)CCCCCCC/C=C\C/C=C\CCC)COP(=O)(O)OCC[N+](C)(C)C. The van der Waals surface area contributed by atoms with Gasteiger partial charge in [-0.05, 0) is 77.0 Å². The highest BCUT2D eigenvalue weighted by Crippen LogP contribution is 2.43. The van der Waals surface area contributed by atoms with Gasteiger partial charge in [0, 0.05) is 12.8 Å². The van der Waals surface area contributed by atoms with Crippen LogP contribution in [0.4, 0.5) is 0 Å². The number of carbonyl (C=O) groups excluding carboxylic acids is 2. The van der Waals surface area contributed by atoms with E-state index in [1.165, 1.54) is 6.42 Å². The van der Waals surface area contributed by atoms with Crippen molar-refractivity contribution in [2.24, 2.45) is 0 Å². The number of carbonyl (C=O) groups is 2. The zero-order valence-electron chi connectivity index (χ0n) is 34.7. The molecule has 0 aliphatic rings. The Morgan fingerprint density at radius 2 is 1.06 bits per heavy atom. The van der Waals surface area contributed by atoms with Crippen LogP contribution in [0.15, 0.2) is 72.9 Å². The molecular formula is C44H77NO8P+. The van der Waals surface area contributed by atoms with Crippen LogP contribution in [-0.2, 0) is 32.7 Å². The minimum atomic E-state index is -4.39. The first kappa shape index (κ1) is 51.5. The van der Waals surface area contributed by atoms with Crippen LogP contribution in [0.3, 0.4) is 0 Å². The van der Waals surface area contributed by atoms with E-state index in [0.717, 1.165) is 96.3 Å². The highest BCUT2D eigenvalue weighted by molar-refractivity contribution is 7.47.